The van der Waals surface area contributed by atoms with E-state index >= 15 is 0 Å². The van der Waals surface area contributed by atoms with Crippen molar-refractivity contribution >= 4 is 38.6 Å². The van der Waals surface area contributed by atoms with Crippen LogP contribution in [0.25, 0.3) is 4.96 Å². The molecule has 8 heteroatoms. The molecule has 1 saturated heterocycles. The van der Waals surface area contributed by atoms with Gasteiger partial charge in [-0.15, -0.1) is 22.7 Å². The molecule has 1 aliphatic rings. The lowest BCUT2D eigenvalue weighted by Gasteiger charge is -2.36. The normalized spacial score (nSPS) is 16.1. The molecule has 126 valence electrons. The summed E-state index contributed by atoms with van der Waals surface area (Å²) in [4.78, 5) is 14.8. The lowest BCUT2D eigenvalue weighted by Crippen LogP contribution is -2.52. The average Bonchev–Trinajstić information content (AvgIpc) is 3.33. The molecule has 1 fully saturated rings. The predicted octanol–water partition coefficient (Wildman–Crippen LogP) is 2.35. The number of guanidine groups is 1. The maximum Gasteiger partial charge on any atom is 0.194 e. The molecular weight excluding hydrogens is 340 g/mol. The first kappa shape index (κ1) is 15.5. The van der Waals surface area contributed by atoms with Gasteiger partial charge >= 0.3 is 0 Å². The number of aromatic nitrogens is 2. The number of rotatable bonds is 3. The zero-order valence-corrected chi connectivity index (χ0v) is 15.2. The predicted molar refractivity (Wildman–Crippen MR) is 101 cm³/mol. The second-order valence-electron chi connectivity index (χ2n) is 5.65. The molecular formula is C16H20N6S2. The van der Waals surface area contributed by atoms with Crippen molar-refractivity contribution < 1.29 is 0 Å². The van der Waals surface area contributed by atoms with Crippen molar-refractivity contribution in [2.24, 2.45) is 4.99 Å². The zero-order valence-electron chi connectivity index (χ0n) is 13.6. The Kier molecular flexibility index (Phi) is 4.40. The van der Waals surface area contributed by atoms with Crippen molar-refractivity contribution in [2.75, 3.05) is 38.1 Å². The number of piperazine rings is 1. The number of hydrogen-bond acceptors (Lipinski definition) is 5. The molecule has 4 rings (SSSR count). The van der Waals surface area contributed by atoms with E-state index in [9.17, 15) is 0 Å². The standard InChI is InChI=1S/C16H20N6S2/c1-17-15(18-11-13-12-22-8-10-24-16(22)19-13)21-6-4-20(5-7-21)14-3-2-9-23-14/h2-3,8-10,12H,4-7,11H2,1H3,(H,17,18). The molecule has 0 radical (unpaired) electrons. The first-order chi connectivity index (χ1) is 11.8. The van der Waals surface area contributed by atoms with Crippen LogP contribution in [0.3, 0.4) is 0 Å². The highest BCUT2D eigenvalue weighted by Gasteiger charge is 2.20. The summed E-state index contributed by atoms with van der Waals surface area (Å²) in [6, 6.07) is 4.31. The van der Waals surface area contributed by atoms with Crippen LogP contribution < -0.4 is 10.2 Å². The van der Waals surface area contributed by atoms with Crippen LogP contribution in [0.4, 0.5) is 5.00 Å². The zero-order chi connectivity index (χ0) is 16.4. The quantitative estimate of drug-likeness (QED) is 0.575. The number of thiazole rings is 1. The van der Waals surface area contributed by atoms with Crippen LogP contribution in [0, 0.1) is 0 Å². The maximum absolute atomic E-state index is 4.61. The summed E-state index contributed by atoms with van der Waals surface area (Å²) in [7, 11) is 1.85. The van der Waals surface area contributed by atoms with E-state index in [1.165, 1.54) is 5.00 Å². The first-order valence-electron chi connectivity index (χ1n) is 7.98. The molecule has 1 N–H and O–H groups in total. The second-order valence-corrected chi connectivity index (χ2v) is 7.45. The lowest BCUT2D eigenvalue weighted by molar-refractivity contribution is 0.373. The van der Waals surface area contributed by atoms with Crippen molar-refractivity contribution in [2.45, 2.75) is 6.54 Å². The monoisotopic (exact) mass is 360 g/mol. The summed E-state index contributed by atoms with van der Waals surface area (Å²) in [5.41, 5.74) is 1.04. The van der Waals surface area contributed by atoms with E-state index < -0.39 is 0 Å². The Hall–Kier alpha value is -2.06. The Bertz CT molecular complexity index is 782. The van der Waals surface area contributed by atoms with E-state index in [1.807, 2.05) is 30.0 Å². The highest BCUT2D eigenvalue weighted by molar-refractivity contribution is 7.15. The van der Waals surface area contributed by atoms with Gasteiger partial charge in [0.1, 0.15) is 0 Å². The molecule has 0 bridgehead atoms. The van der Waals surface area contributed by atoms with Crippen molar-refractivity contribution in [1.29, 1.82) is 0 Å². The minimum Gasteiger partial charge on any atom is -0.360 e. The summed E-state index contributed by atoms with van der Waals surface area (Å²) in [5, 5.41) is 8.99. The fourth-order valence-electron chi connectivity index (χ4n) is 2.95. The van der Waals surface area contributed by atoms with Gasteiger partial charge in [0.25, 0.3) is 0 Å². The van der Waals surface area contributed by atoms with Crippen molar-refractivity contribution in [1.82, 2.24) is 19.6 Å². The van der Waals surface area contributed by atoms with Gasteiger partial charge in [-0.05, 0) is 17.5 Å². The highest BCUT2D eigenvalue weighted by Crippen LogP contribution is 2.22. The summed E-state index contributed by atoms with van der Waals surface area (Å²) in [6.45, 7) is 4.72. The Morgan fingerprint density at radius 1 is 1.25 bits per heavy atom. The lowest BCUT2D eigenvalue weighted by atomic mass is 10.3. The van der Waals surface area contributed by atoms with Gasteiger partial charge in [0.05, 0.1) is 17.2 Å². The van der Waals surface area contributed by atoms with E-state index in [-0.39, 0.29) is 0 Å². The molecule has 0 aliphatic carbocycles. The first-order valence-corrected chi connectivity index (χ1v) is 9.74. The summed E-state index contributed by atoms with van der Waals surface area (Å²) < 4.78 is 2.06. The Balaban J connectivity index is 1.33. The number of thiophene rings is 1. The number of fused-ring (bicyclic) bond motifs is 1. The number of nitrogens with one attached hydrogen (secondary N) is 1. The molecule has 0 spiro atoms. The SMILES string of the molecule is CN=C(NCc1cn2ccsc2n1)N1CCN(c2cccs2)CC1. The summed E-state index contributed by atoms with van der Waals surface area (Å²) in [5.74, 6) is 0.956. The van der Waals surface area contributed by atoms with Crippen molar-refractivity contribution in [3.05, 3.63) is 41.0 Å². The van der Waals surface area contributed by atoms with Gasteiger partial charge in [0.2, 0.25) is 0 Å². The fraction of sp³-hybridized carbons (Fsp3) is 0.375. The minimum absolute atomic E-state index is 0.701. The van der Waals surface area contributed by atoms with Gasteiger partial charge in [-0.1, -0.05) is 0 Å². The maximum atomic E-state index is 4.61. The van der Waals surface area contributed by atoms with Crippen LogP contribution in [-0.2, 0) is 6.54 Å². The molecule has 24 heavy (non-hydrogen) atoms. The molecule has 3 aromatic rings. The van der Waals surface area contributed by atoms with Gasteiger partial charge in [-0.3, -0.25) is 9.39 Å². The molecule has 0 saturated carbocycles. The molecule has 0 unspecified atom stereocenters. The summed E-state index contributed by atoms with van der Waals surface area (Å²) in [6.07, 6.45) is 4.11. The van der Waals surface area contributed by atoms with E-state index in [0.29, 0.717) is 6.54 Å². The summed E-state index contributed by atoms with van der Waals surface area (Å²) >= 11 is 3.46. The highest BCUT2D eigenvalue weighted by atomic mass is 32.1. The molecule has 0 atom stereocenters. The van der Waals surface area contributed by atoms with Crippen LogP contribution in [0.5, 0.6) is 0 Å². The van der Waals surface area contributed by atoms with E-state index in [1.54, 1.807) is 11.3 Å². The van der Waals surface area contributed by atoms with Gasteiger partial charge in [0, 0.05) is 51.0 Å². The second kappa shape index (κ2) is 6.82. The third-order valence-corrected chi connectivity index (χ3v) is 5.88. The fourth-order valence-corrected chi connectivity index (χ4v) is 4.46. The molecule has 0 aromatic carbocycles. The Morgan fingerprint density at radius 3 is 2.83 bits per heavy atom. The van der Waals surface area contributed by atoms with Gasteiger partial charge in [0.15, 0.2) is 10.9 Å². The number of nitrogens with zero attached hydrogens (tertiary/aromatic N) is 5. The van der Waals surface area contributed by atoms with Crippen LogP contribution in [0.2, 0.25) is 0 Å². The Labute approximate surface area is 149 Å². The third-order valence-electron chi connectivity index (χ3n) is 4.18. The van der Waals surface area contributed by atoms with E-state index in [0.717, 1.165) is 42.8 Å². The van der Waals surface area contributed by atoms with Crippen LogP contribution >= 0.6 is 22.7 Å². The molecule has 4 heterocycles. The molecule has 3 aromatic heterocycles. The number of anilines is 1. The van der Waals surface area contributed by atoms with E-state index in [2.05, 4.69) is 53.2 Å². The van der Waals surface area contributed by atoms with Crippen LogP contribution in [-0.4, -0.2) is 53.5 Å². The van der Waals surface area contributed by atoms with Crippen LogP contribution in [0.1, 0.15) is 5.69 Å². The number of aliphatic imine (C=N–C) groups is 1. The Morgan fingerprint density at radius 2 is 2.12 bits per heavy atom. The van der Waals surface area contributed by atoms with Crippen LogP contribution in [0.15, 0.2) is 40.3 Å². The number of imidazole rings is 1. The molecule has 1 aliphatic heterocycles. The minimum atomic E-state index is 0.701. The largest absolute Gasteiger partial charge is 0.360 e. The number of hydrogen-bond donors (Lipinski definition) is 1. The van der Waals surface area contributed by atoms with Gasteiger partial charge < -0.3 is 15.1 Å². The molecule has 6 nitrogen and oxygen atoms in total. The van der Waals surface area contributed by atoms with Crippen molar-refractivity contribution in [3.63, 3.8) is 0 Å². The van der Waals surface area contributed by atoms with Gasteiger partial charge in [-0.25, -0.2) is 4.98 Å². The third kappa shape index (κ3) is 3.11. The van der Waals surface area contributed by atoms with Gasteiger partial charge in [-0.2, -0.15) is 0 Å². The van der Waals surface area contributed by atoms with E-state index in [4.69, 9.17) is 0 Å². The topological polar surface area (TPSA) is 48.2 Å². The van der Waals surface area contributed by atoms with Crippen molar-refractivity contribution in [3.8, 4) is 0 Å². The average molecular weight is 361 g/mol. The smallest absolute Gasteiger partial charge is 0.194 e. The molecule has 0 amide bonds.